The van der Waals surface area contributed by atoms with Crippen molar-refractivity contribution in [3.63, 3.8) is 0 Å². The van der Waals surface area contributed by atoms with Crippen LogP contribution in [0.3, 0.4) is 0 Å². The topological polar surface area (TPSA) is 95.5 Å². The number of rotatable bonds is 24. The van der Waals surface area contributed by atoms with Crippen molar-refractivity contribution in [2.75, 3.05) is 59.0 Å². The van der Waals surface area contributed by atoms with Crippen molar-refractivity contribution in [2.45, 2.75) is 126 Å². The molecule has 0 amide bonds. The summed E-state index contributed by atoms with van der Waals surface area (Å²) in [6.07, 6.45) is -10.9. The van der Waals surface area contributed by atoms with Gasteiger partial charge in [-0.15, -0.1) is 0 Å². The molecule has 0 aromatic heterocycles. The molecule has 7 unspecified atom stereocenters. The number of nitrogens with one attached hydrogen (secondary N) is 1. The molecular formula is C39H59F9NO7PS2. The molecule has 342 valence electrons. The molecule has 0 aliphatic heterocycles. The van der Waals surface area contributed by atoms with Crippen LogP contribution in [0.25, 0.3) is 0 Å². The molecule has 0 bridgehead atoms. The van der Waals surface area contributed by atoms with Gasteiger partial charge >= 0.3 is 32.4 Å². The number of unbranched alkanes of at least 4 members (excludes halogenated alkanes) is 1. The van der Waals surface area contributed by atoms with Crippen molar-refractivity contribution >= 4 is 29.8 Å². The van der Waals surface area contributed by atoms with Gasteiger partial charge in [-0.1, -0.05) is 41.0 Å². The summed E-state index contributed by atoms with van der Waals surface area (Å²) >= 11 is 0. The molecule has 2 fully saturated rings. The van der Waals surface area contributed by atoms with Crippen molar-refractivity contribution in [2.24, 2.45) is 23.2 Å². The minimum absolute atomic E-state index is 0.0161. The summed E-state index contributed by atoms with van der Waals surface area (Å²) < 4.78 is 155. The average Bonchev–Trinajstić information content (AvgIpc) is 3.46. The minimum atomic E-state index is -6.75. The summed E-state index contributed by atoms with van der Waals surface area (Å²) in [6.45, 7) is 5.96. The lowest BCUT2D eigenvalue weighted by molar-refractivity contribution is -0.457. The fraction of sp³-hybridized carbons (Fsp3) is 0.846. The summed E-state index contributed by atoms with van der Waals surface area (Å²) in [4.78, 5) is 8.94. The number of benzene rings is 1. The molecule has 59 heavy (non-hydrogen) atoms. The van der Waals surface area contributed by atoms with Gasteiger partial charge in [0.25, 0.3) is 0 Å². The fourth-order valence-corrected chi connectivity index (χ4v) is 12.2. The van der Waals surface area contributed by atoms with E-state index in [1.54, 1.807) is 7.11 Å². The molecule has 2 saturated carbocycles. The lowest BCUT2D eigenvalue weighted by atomic mass is 9.55. The molecule has 3 aliphatic rings. The van der Waals surface area contributed by atoms with Crippen molar-refractivity contribution in [1.29, 1.82) is 0 Å². The van der Waals surface area contributed by atoms with Crippen LogP contribution < -0.4 is 10.1 Å². The molecule has 0 heterocycles. The van der Waals surface area contributed by atoms with Gasteiger partial charge in [0, 0.05) is 36.6 Å². The van der Waals surface area contributed by atoms with Crippen LogP contribution in [0.1, 0.15) is 95.6 Å². The van der Waals surface area contributed by atoms with Gasteiger partial charge in [-0.3, -0.25) is 4.57 Å². The Labute approximate surface area is 349 Å². The molecule has 2 N–H and O–H groups in total. The number of ether oxygens (including phenoxy) is 4. The van der Waals surface area contributed by atoms with Crippen LogP contribution in [-0.2, 0) is 29.7 Å². The van der Waals surface area contributed by atoms with Gasteiger partial charge in [0.2, 0.25) is 0 Å². The minimum Gasteiger partial charge on any atom is -0.494 e. The van der Waals surface area contributed by atoms with Crippen molar-refractivity contribution in [3.8, 4) is 5.75 Å². The molecular weight excluding hydrogens is 861 g/mol. The molecule has 4 rings (SSSR count). The van der Waals surface area contributed by atoms with Crippen LogP contribution >= 0.6 is 29.8 Å². The van der Waals surface area contributed by atoms with E-state index in [1.807, 2.05) is 21.6 Å². The first-order chi connectivity index (χ1) is 27.6. The van der Waals surface area contributed by atoms with Crippen molar-refractivity contribution < 1.29 is 72.4 Å². The summed E-state index contributed by atoms with van der Waals surface area (Å²) in [7, 11) is 2.38. The molecule has 1 aromatic rings. The van der Waals surface area contributed by atoms with Crippen LogP contribution in [0.15, 0.2) is 18.2 Å². The van der Waals surface area contributed by atoms with E-state index in [0.717, 1.165) is 75.7 Å². The summed E-state index contributed by atoms with van der Waals surface area (Å²) in [5.74, 6) is 3.28. The largest absolute Gasteiger partial charge is 0.494 e. The van der Waals surface area contributed by atoms with Crippen LogP contribution in [0.2, 0.25) is 0 Å². The smallest absolute Gasteiger partial charge is 0.435 e. The second-order valence-electron chi connectivity index (χ2n) is 16.7. The fourth-order valence-electron chi connectivity index (χ4n) is 9.17. The van der Waals surface area contributed by atoms with Crippen LogP contribution in [-0.4, -0.2) is 98.9 Å². The number of fused-ring (bicyclic) bond motifs is 5. The lowest BCUT2D eigenvalue weighted by Gasteiger charge is -2.50. The van der Waals surface area contributed by atoms with Gasteiger partial charge in [0.15, 0.2) is 0 Å². The number of aryl methyl sites for hydroxylation is 1. The maximum absolute atomic E-state index is 13.1. The molecule has 3 aliphatic carbocycles. The molecule has 0 radical (unpaired) electrons. The van der Waals surface area contributed by atoms with Gasteiger partial charge in [0.1, 0.15) is 5.75 Å². The molecule has 20 heteroatoms. The Balaban J connectivity index is 1.17. The number of halogens is 9. The van der Waals surface area contributed by atoms with Gasteiger partial charge < -0.3 is 33.7 Å². The predicted octanol–water partition coefficient (Wildman–Crippen LogP) is 10.7. The first kappa shape index (κ1) is 50.7. The molecule has 1 aromatic carbocycles. The summed E-state index contributed by atoms with van der Waals surface area (Å²) in [6, 6.07) is 6.47. The number of methoxy groups -OCH3 is 1. The number of hydrogen-bond acceptors (Lipinski definition) is 9. The Morgan fingerprint density at radius 3 is 2.29 bits per heavy atom. The Morgan fingerprint density at radius 1 is 0.932 bits per heavy atom. The monoisotopic (exact) mass is 919 g/mol. The highest BCUT2D eigenvalue weighted by Crippen LogP contribution is 2.62. The Bertz CT molecular complexity index is 1450. The first-order valence-corrected chi connectivity index (χ1v) is 23.7. The standard InChI is InChI=1S/C39H59F9NO7PS2/c1-34(2,59-58-22-6-5-7-26(24-52-4)25-56-57(50)51)16-19-53-28-9-11-29-27(23-28)8-10-31-30(29)14-15-35(3)32(31)12-13-33(35)54-20-17-49-18-21-55-36(37(40,41)42,38(43,44)45)39(46,47)48/h9,11,23,26,30-33,49,57H,5-8,10,12-22,24-25H2,1-4H3,(H,50,51). The first-order valence-electron chi connectivity index (χ1n) is 20.1. The summed E-state index contributed by atoms with van der Waals surface area (Å²) in [5.41, 5.74) is -3.68. The Hall–Kier alpha value is -0.920. The van der Waals surface area contributed by atoms with Crippen LogP contribution in [0.4, 0.5) is 39.5 Å². The zero-order chi connectivity index (χ0) is 43.7. The third-order valence-corrected chi connectivity index (χ3v) is 16.0. The van der Waals surface area contributed by atoms with Crippen molar-refractivity contribution in [3.05, 3.63) is 29.3 Å². The zero-order valence-corrected chi connectivity index (χ0v) is 36.6. The van der Waals surface area contributed by atoms with E-state index >= 15 is 0 Å². The maximum Gasteiger partial charge on any atom is 0.435 e. The molecule has 8 nitrogen and oxygen atoms in total. The van der Waals surface area contributed by atoms with Gasteiger partial charge in [0.05, 0.1) is 39.1 Å². The lowest BCUT2D eigenvalue weighted by Crippen LogP contribution is -2.68. The highest BCUT2D eigenvalue weighted by Gasteiger charge is 2.85. The SMILES string of the molecule is COCC(CCCCSSC(C)(C)CCOc1ccc2c(c1)CCC1C2CCC2(C)C(OCCNCCOC(C(F)(F)F)(C(F)(F)F)C(F)(F)F)CCC12)CO[PH](=O)O. The van der Waals surface area contributed by atoms with E-state index in [-0.39, 0.29) is 41.9 Å². The highest BCUT2D eigenvalue weighted by atomic mass is 33.1. The molecule has 0 saturated heterocycles. The number of alkyl halides is 9. The second kappa shape index (κ2) is 21.6. The van der Waals surface area contributed by atoms with Crippen molar-refractivity contribution in [1.82, 2.24) is 5.32 Å². The van der Waals surface area contributed by atoms with E-state index in [2.05, 4.69) is 49.0 Å². The van der Waals surface area contributed by atoms with E-state index in [1.165, 1.54) is 11.1 Å². The second-order valence-corrected chi connectivity index (χ2v) is 20.6. The van der Waals surface area contributed by atoms with Gasteiger partial charge in [-0.25, -0.2) is 0 Å². The maximum atomic E-state index is 13.1. The van der Waals surface area contributed by atoms with E-state index in [4.69, 9.17) is 23.6 Å². The average molecular weight is 920 g/mol. The van der Waals surface area contributed by atoms with E-state index in [0.29, 0.717) is 31.0 Å². The predicted molar refractivity (Wildman–Crippen MR) is 211 cm³/mol. The third kappa shape index (κ3) is 13.1. The van der Waals surface area contributed by atoms with E-state index in [9.17, 15) is 44.1 Å². The normalized spacial score (nSPS) is 25.0. The van der Waals surface area contributed by atoms with Crippen LogP contribution in [0, 0.1) is 23.2 Å². The Kier molecular flexibility index (Phi) is 18.6. The van der Waals surface area contributed by atoms with E-state index < -0.39 is 45.5 Å². The Morgan fingerprint density at radius 2 is 1.63 bits per heavy atom. The van der Waals surface area contributed by atoms with Crippen LogP contribution in [0.5, 0.6) is 5.75 Å². The molecule has 0 spiro atoms. The third-order valence-electron chi connectivity index (χ3n) is 12.2. The highest BCUT2D eigenvalue weighted by molar-refractivity contribution is 8.77. The van der Waals surface area contributed by atoms with Gasteiger partial charge in [-0.2, -0.15) is 39.5 Å². The quantitative estimate of drug-likeness (QED) is 0.0452. The van der Waals surface area contributed by atoms with Gasteiger partial charge in [-0.05, 0) is 118 Å². The number of hydrogen-bond donors (Lipinski definition) is 2. The zero-order valence-electron chi connectivity index (χ0n) is 34.0. The molecule has 7 atom stereocenters. The summed E-state index contributed by atoms with van der Waals surface area (Å²) in [5, 5.41) is 2.55.